The van der Waals surface area contributed by atoms with E-state index in [1.54, 1.807) is 12.4 Å². The van der Waals surface area contributed by atoms with E-state index in [1.807, 2.05) is 17.9 Å². The minimum atomic E-state index is -0.163. The number of nitrogen functional groups attached to an aromatic ring is 1. The molecule has 0 radical (unpaired) electrons. The van der Waals surface area contributed by atoms with Crippen LogP contribution in [0, 0.1) is 6.92 Å². The van der Waals surface area contributed by atoms with Gasteiger partial charge in [0.15, 0.2) is 11.6 Å². The predicted octanol–water partition coefficient (Wildman–Crippen LogP) is 2.73. The summed E-state index contributed by atoms with van der Waals surface area (Å²) in [7, 11) is 4.11. The second-order valence-corrected chi connectivity index (χ2v) is 9.15. The Balaban J connectivity index is 1.39. The van der Waals surface area contributed by atoms with Crippen molar-refractivity contribution in [1.29, 1.82) is 0 Å². The van der Waals surface area contributed by atoms with Crippen LogP contribution in [0.15, 0.2) is 36.8 Å². The van der Waals surface area contributed by atoms with E-state index < -0.39 is 0 Å². The zero-order chi connectivity index (χ0) is 23.0. The Morgan fingerprint density at radius 3 is 2.67 bits per heavy atom. The molecule has 2 aromatic heterocycles. The molecule has 0 unspecified atom stereocenters. The fourth-order valence-electron chi connectivity index (χ4n) is 4.51. The lowest BCUT2D eigenvalue weighted by Gasteiger charge is -2.42. The molecule has 33 heavy (non-hydrogen) atoms. The van der Waals surface area contributed by atoms with Crippen LogP contribution < -0.4 is 15.8 Å². The highest BCUT2D eigenvalue weighted by Gasteiger charge is 2.39. The third kappa shape index (κ3) is 4.31. The lowest BCUT2D eigenvalue weighted by molar-refractivity contribution is -0.0747. The lowest BCUT2D eigenvalue weighted by atomic mass is 9.86. The summed E-state index contributed by atoms with van der Waals surface area (Å²) in [5.41, 5.74) is 9.93. The van der Waals surface area contributed by atoms with Gasteiger partial charge in [0.05, 0.1) is 49.1 Å². The lowest BCUT2D eigenvalue weighted by Crippen LogP contribution is -2.56. The minimum absolute atomic E-state index is 0.163. The van der Waals surface area contributed by atoms with E-state index in [2.05, 4.69) is 52.5 Å². The van der Waals surface area contributed by atoms with Crippen molar-refractivity contribution < 1.29 is 9.47 Å². The summed E-state index contributed by atoms with van der Waals surface area (Å²) in [5, 5.41) is 7.92. The van der Waals surface area contributed by atoms with Gasteiger partial charge in [0, 0.05) is 5.56 Å². The van der Waals surface area contributed by atoms with Gasteiger partial charge in [-0.05, 0) is 64.6 Å². The third-order valence-electron chi connectivity index (χ3n) is 6.72. The van der Waals surface area contributed by atoms with Gasteiger partial charge < -0.3 is 25.4 Å². The van der Waals surface area contributed by atoms with Crippen molar-refractivity contribution in [3.8, 4) is 22.9 Å². The van der Waals surface area contributed by atoms with Gasteiger partial charge in [-0.25, -0.2) is 9.97 Å². The Morgan fingerprint density at radius 2 is 1.97 bits per heavy atom. The van der Waals surface area contributed by atoms with Crippen LogP contribution in [0.2, 0.25) is 0 Å². The maximum absolute atomic E-state index is 6.10. The van der Waals surface area contributed by atoms with Crippen molar-refractivity contribution in [2.75, 3.05) is 46.1 Å². The molecule has 174 valence electrons. The van der Waals surface area contributed by atoms with E-state index in [9.17, 15) is 0 Å². The number of aromatic nitrogens is 4. The molecule has 4 heterocycles. The number of anilines is 1. The molecule has 0 bridgehead atoms. The van der Waals surface area contributed by atoms with Gasteiger partial charge in [0.25, 0.3) is 5.88 Å². The van der Waals surface area contributed by atoms with Crippen molar-refractivity contribution in [1.82, 2.24) is 30.0 Å². The first-order chi connectivity index (χ1) is 16.0. The van der Waals surface area contributed by atoms with Crippen LogP contribution in [0.1, 0.15) is 30.0 Å². The molecular formula is C24H31N7O2. The molecule has 2 aliphatic rings. The van der Waals surface area contributed by atoms with E-state index in [0.29, 0.717) is 30.7 Å². The Hall–Kier alpha value is -3.01. The number of hydrogen-bond acceptors (Lipinski definition) is 8. The van der Waals surface area contributed by atoms with Crippen molar-refractivity contribution >= 4 is 5.82 Å². The van der Waals surface area contributed by atoms with E-state index in [-0.39, 0.29) is 17.2 Å². The zero-order valence-electron chi connectivity index (χ0n) is 19.4. The highest BCUT2D eigenvalue weighted by Crippen LogP contribution is 2.34. The standard InChI is InChI=1S/C24H31N7O2/c1-16-8-17(10-18(9-16)24(26-2)14-32-15-24)21-12-27-22(25)23(29-21)33-20-11-28-31(13-20)19-4-6-30(3)7-5-19/h8-13,19,26H,4-7,14-15H2,1-3H3,(H2,25,27). The fraction of sp³-hybridized carbons (Fsp3) is 0.458. The van der Waals surface area contributed by atoms with Gasteiger partial charge in [-0.3, -0.25) is 4.68 Å². The summed E-state index contributed by atoms with van der Waals surface area (Å²) >= 11 is 0. The monoisotopic (exact) mass is 449 g/mol. The van der Waals surface area contributed by atoms with Crippen LogP contribution in [0.25, 0.3) is 11.3 Å². The predicted molar refractivity (Wildman–Crippen MR) is 126 cm³/mol. The number of nitrogens with zero attached hydrogens (tertiary/aromatic N) is 5. The molecule has 1 aromatic carbocycles. The van der Waals surface area contributed by atoms with Crippen molar-refractivity contribution in [3.05, 3.63) is 47.9 Å². The average Bonchev–Trinajstić information content (AvgIpc) is 3.23. The van der Waals surface area contributed by atoms with Crippen molar-refractivity contribution in [2.24, 2.45) is 0 Å². The summed E-state index contributed by atoms with van der Waals surface area (Å²) in [6.07, 6.45) is 7.46. The first-order valence-corrected chi connectivity index (χ1v) is 11.4. The highest BCUT2D eigenvalue weighted by molar-refractivity contribution is 5.63. The fourth-order valence-corrected chi connectivity index (χ4v) is 4.51. The van der Waals surface area contributed by atoms with Crippen LogP contribution >= 0.6 is 0 Å². The molecule has 5 rings (SSSR count). The number of likely N-dealkylation sites (N-methyl/N-ethyl adjacent to an activating group) is 1. The largest absolute Gasteiger partial charge is 0.433 e. The highest BCUT2D eigenvalue weighted by atomic mass is 16.5. The molecule has 0 saturated carbocycles. The number of benzene rings is 1. The SMILES string of the molecule is CNC1(c2cc(C)cc(-c3cnc(N)c(Oc4cnn(C5CCN(C)CC5)c4)n3)c2)COC1. The quantitative estimate of drug-likeness (QED) is 0.592. The number of hydrogen-bond donors (Lipinski definition) is 2. The van der Waals surface area contributed by atoms with Gasteiger partial charge in [-0.1, -0.05) is 11.6 Å². The summed E-state index contributed by atoms with van der Waals surface area (Å²) in [6.45, 7) is 5.52. The first-order valence-electron chi connectivity index (χ1n) is 11.4. The van der Waals surface area contributed by atoms with Crippen LogP contribution in [0.5, 0.6) is 11.6 Å². The second kappa shape index (κ2) is 8.74. The Morgan fingerprint density at radius 1 is 1.18 bits per heavy atom. The maximum atomic E-state index is 6.10. The zero-order valence-corrected chi connectivity index (χ0v) is 19.4. The Bertz CT molecular complexity index is 1130. The van der Waals surface area contributed by atoms with E-state index in [4.69, 9.17) is 20.2 Å². The van der Waals surface area contributed by atoms with Gasteiger partial charge in [-0.2, -0.15) is 5.10 Å². The number of ether oxygens (including phenoxy) is 2. The molecule has 2 fully saturated rings. The number of likely N-dealkylation sites (tertiary alicyclic amines) is 1. The van der Waals surface area contributed by atoms with Crippen molar-refractivity contribution in [3.63, 3.8) is 0 Å². The molecule has 0 atom stereocenters. The van der Waals surface area contributed by atoms with E-state index >= 15 is 0 Å². The molecule has 0 spiro atoms. The first kappa shape index (κ1) is 21.8. The second-order valence-electron chi connectivity index (χ2n) is 9.15. The van der Waals surface area contributed by atoms with Crippen LogP contribution in [0.3, 0.4) is 0 Å². The van der Waals surface area contributed by atoms with Crippen LogP contribution in [-0.4, -0.2) is 65.0 Å². The Labute approximate surface area is 193 Å². The smallest absolute Gasteiger partial charge is 0.263 e. The summed E-state index contributed by atoms with van der Waals surface area (Å²) in [5.74, 6) is 1.14. The van der Waals surface area contributed by atoms with Gasteiger partial charge in [-0.15, -0.1) is 0 Å². The number of aryl methyl sites for hydroxylation is 1. The normalized spacial score (nSPS) is 18.8. The molecule has 0 aliphatic carbocycles. The molecule has 2 saturated heterocycles. The molecule has 2 aliphatic heterocycles. The average molecular weight is 450 g/mol. The minimum Gasteiger partial charge on any atom is -0.433 e. The van der Waals surface area contributed by atoms with Crippen LogP contribution in [0.4, 0.5) is 5.82 Å². The maximum Gasteiger partial charge on any atom is 0.263 e. The third-order valence-corrected chi connectivity index (χ3v) is 6.72. The van der Waals surface area contributed by atoms with Gasteiger partial charge in [0.1, 0.15) is 0 Å². The number of nitrogens with one attached hydrogen (secondary N) is 1. The summed E-state index contributed by atoms with van der Waals surface area (Å²) in [6, 6.07) is 6.79. The number of piperidine rings is 1. The molecule has 3 N–H and O–H groups in total. The number of nitrogens with two attached hydrogens (primary N) is 1. The van der Waals surface area contributed by atoms with E-state index in [0.717, 1.165) is 37.1 Å². The molecular weight excluding hydrogens is 418 g/mol. The van der Waals surface area contributed by atoms with E-state index in [1.165, 1.54) is 5.56 Å². The molecule has 3 aromatic rings. The number of rotatable bonds is 6. The molecule has 0 amide bonds. The van der Waals surface area contributed by atoms with Crippen molar-refractivity contribution in [2.45, 2.75) is 31.3 Å². The summed E-state index contributed by atoms with van der Waals surface area (Å²) < 4.78 is 13.5. The van der Waals surface area contributed by atoms with Gasteiger partial charge in [0.2, 0.25) is 0 Å². The topological polar surface area (TPSA) is 103 Å². The molecule has 9 nitrogen and oxygen atoms in total. The Kier molecular flexibility index (Phi) is 5.77. The summed E-state index contributed by atoms with van der Waals surface area (Å²) in [4.78, 5) is 11.4. The van der Waals surface area contributed by atoms with Gasteiger partial charge >= 0.3 is 0 Å². The molecule has 9 heteroatoms. The van der Waals surface area contributed by atoms with Crippen LogP contribution in [-0.2, 0) is 10.3 Å².